The van der Waals surface area contributed by atoms with Crippen LogP contribution in [-0.4, -0.2) is 74.5 Å². The lowest BCUT2D eigenvalue weighted by atomic mass is 10.0. The molecule has 1 amide bonds. The average Bonchev–Trinajstić information content (AvgIpc) is 3.28. The Balaban J connectivity index is 1.24. The molecule has 35 heavy (non-hydrogen) atoms. The Hall–Kier alpha value is -3.36. The van der Waals surface area contributed by atoms with Crippen molar-refractivity contribution in [2.45, 2.75) is 25.3 Å². The van der Waals surface area contributed by atoms with E-state index in [4.69, 9.17) is 11.1 Å². The van der Waals surface area contributed by atoms with Crippen molar-refractivity contribution < 1.29 is 4.79 Å². The van der Waals surface area contributed by atoms with Crippen LogP contribution in [-0.2, 0) is 6.42 Å². The highest BCUT2D eigenvalue weighted by molar-refractivity contribution is 6.07. The molecular formula is C27H37N7O. The van der Waals surface area contributed by atoms with Crippen LogP contribution in [0.15, 0.2) is 48.7 Å². The summed E-state index contributed by atoms with van der Waals surface area (Å²) in [4.78, 5) is 20.4. The van der Waals surface area contributed by atoms with Gasteiger partial charge in [0.1, 0.15) is 5.84 Å². The van der Waals surface area contributed by atoms with Crippen molar-refractivity contribution in [3.63, 3.8) is 0 Å². The number of nitrogens with one attached hydrogen (secondary N) is 4. The summed E-state index contributed by atoms with van der Waals surface area (Å²) < 4.78 is 0. The summed E-state index contributed by atoms with van der Waals surface area (Å²) in [5.74, 6) is -0.0151. The number of carbonyl (C=O) groups excluding carboxylic acids is 1. The van der Waals surface area contributed by atoms with Gasteiger partial charge in [-0.1, -0.05) is 6.07 Å². The van der Waals surface area contributed by atoms with Gasteiger partial charge in [-0.15, -0.1) is 0 Å². The van der Waals surface area contributed by atoms with Crippen molar-refractivity contribution in [3.8, 4) is 0 Å². The Kier molecular flexibility index (Phi) is 8.05. The van der Waals surface area contributed by atoms with E-state index in [1.54, 1.807) is 6.20 Å². The number of amidine groups is 1. The molecule has 2 aromatic carbocycles. The summed E-state index contributed by atoms with van der Waals surface area (Å²) in [5.41, 5.74) is 10.3. The number of carbonyl (C=O) groups is 1. The summed E-state index contributed by atoms with van der Waals surface area (Å²) >= 11 is 0. The van der Waals surface area contributed by atoms with Crippen molar-refractivity contribution in [1.29, 1.82) is 5.41 Å². The summed E-state index contributed by atoms with van der Waals surface area (Å²) in [7, 11) is 4.20. The number of aromatic nitrogens is 1. The van der Waals surface area contributed by atoms with Crippen LogP contribution in [0.4, 0.5) is 5.69 Å². The van der Waals surface area contributed by atoms with Crippen molar-refractivity contribution >= 4 is 28.3 Å². The van der Waals surface area contributed by atoms with E-state index in [9.17, 15) is 4.79 Å². The van der Waals surface area contributed by atoms with E-state index >= 15 is 0 Å². The summed E-state index contributed by atoms with van der Waals surface area (Å²) in [6.07, 6.45) is 4.74. The van der Waals surface area contributed by atoms with Crippen LogP contribution in [0.2, 0.25) is 0 Å². The molecule has 4 rings (SSSR count). The highest BCUT2D eigenvalue weighted by Crippen LogP contribution is 2.21. The lowest BCUT2D eigenvalue weighted by Gasteiger charge is -2.34. The fourth-order valence-electron chi connectivity index (χ4n) is 4.63. The number of rotatable bonds is 10. The number of nitrogens with zero attached hydrogens (tertiary/aromatic N) is 2. The number of likely N-dealkylation sites (N-methyl/N-ethyl adjacent to an activating group) is 1. The molecule has 8 heteroatoms. The third-order valence-corrected chi connectivity index (χ3v) is 6.72. The van der Waals surface area contributed by atoms with Crippen LogP contribution in [0.3, 0.4) is 0 Å². The van der Waals surface area contributed by atoms with E-state index in [0.29, 0.717) is 30.1 Å². The molecule has 0 aliphatic carbocycles. The van der Waals surface area contributed by atoms with Crippen molar-refractivity contribution in [2.24, 2.45) is 5.73 Å². The maximum Gasteiger partial charge on any atom is 0.251 e. The molecule has 0 saturated carbocycles. The molecule has 2 heterocycles. The first-order valence-electron chi connectivity index (χ1n) is 12.4. The maximum absolute atomic E-state index is 12.6. The largest absolute Gasteiger partial charge is 0.384 e. The van der Waals surface area contributed by atoms with E-state index in [1.165, 1.54) is 5.69 Å². The predicted molar refractivity (Wildman–Crippen MR) is 144 cm³/mol. The molecule has 0 radical (unpaired) electrons. The predicted octanol–water partition coefficient (Wildman–Crippen LogP) is 2.54. The number of H-pyrrole nitrogens is 1. The number of nitrogen functional groups attached to an aromatic ring is 1. The number of fused-ring (bicyclic) bond motifs is 1. The van der Waals surface area contributed by atoms with Crippen molar-refractivity contribution in [3.05, 3.63) is 65.4 Å². The van der Waals surface area contributed by atoms with Crippen LogP contribution >= 0.6 is 0 Å². The molecule has 1 aliphatic heterocycles. The van der Waals surface area contributed by atoms with Crippen molar-refractivity contribution in [1.82, 2.24) is 20.5 Å². The molecule has 0 unspecified atom stereocenters. The molecule has 6 N–H and O–H groups in total. The van der Waals surface area contributed by atoms with Gasteiger partial charge in [-0.3, -0.25) is 10.2 Å². The normalized spacial score (nSPS) is 14.5. The number of benzene rings is 2. The number of hydrogen-bond donors (Lipinski definition) is 5. The topological polar surface area (TPSA) is 113 Å². The monoisotopic (exact) mass is 475 g/mol. The van der Waals surface area contributed by atoms with E-state index in [2.05, 4.69) is 51.6 Å². The van der Waals surface area contributed by atoms with Crippen LogP contribution in [0.1, 0.15) is 34.3 Å². The zero-order valence-electron chi connectivity index (χ0n) is 20.7. The lowest BCUT2D eigenvalue weighted by Crippen LogP contribution is -2.44. The van der Waals surface area contributed by atoms with E-state index < -0.39 is 0 Å². The van der Waals surface area contributed by atoms with Gasteiger partial charge in [0.15, 0.2) is 0 Å². The van der Waals surface area contributed by atoms with Gasteiger partial charge in [-0.2, -0.15) is 0 Å². The minimum atomic E-state index is -0.0625. The second-order valence-electron chi connectivity index (χ2n) is 9.57. The number of aromatic amines is 1. The van der Waals surface area contributed by atoms with Crippen LogP contribution in [0.5, 0.6) is 0 Å². The highest BCUT2D eigenvalue weighted by Gasteiger charge is 2.19. The van der Waals surface area contributed by atoms with Gasteiger partial charge in [0.25, 0.3) is 5.91 Å². The first-order chi connectivity index (χ1) is 16.9. The molecule has 3 aromatic rings. The van der Waals surface area contributed by atoms with Gasteiger partial charge in [0.05, 0.1) is 0 Å². The number of anilines is 1. The second-order valence-corrected chi connectivity index (χ2v) is 9.57. The van der Waals surface area contributed by atoms with Crippen LogP contribution in [0.25, 0.3) is 10.9 Å². The average molecular weight is 476 g/mol. The Morgan fingerprint density at radius 2 is 1.89 bits per heavy atom. The minimum Gasteiger partial charge on any atom is -0.384 e. The van der Waals surface area contributed by atoms with Crippen molar-refractivity contribution in [2.75, 3.05) is 51.7 Å². The zero-order valence-corrected chi connectivity index (χ0v) is 20.7. The maximum atomic E-state index is 12.6. The fourth-order valence-corrected chi connectivity index (χ4v) is 4.63. The number of nitrogens with two attached hydrogens (primary N) is 1. The van der Waals surface area contributed by atoms with E-state index in [-0.39, 0.29) is 11.7 Å². The molecule has 1 aromatic heterocycles. The molecule has 1 aliphatic rings. The first-order valence-corrected chi connectivity index (χ1v) is 12.4. The SMILES string of the molecule is CN(C)CCNC1CCN(c2ccc(C(=O)NCCc3ccc4[nH]cc(C(=N)N)c4c3)cc2)CC1. The molecule has 1 saturated heterocycles. The highest BCUT2D eigenvalue weighted by atomic mass is 16.1. The second kappa shape index (κ2) is 11.4. The Labute approximate surface area is 207 Å². The Bertz CT molecular complexity index is 1140. The standard InChI is InChI=1S/C27H37N7O/c1-33(2)16-13-30-21-10-14-34(15-11-21)22-6-4-20(5-7-22)27(35)31-12-9-19-3-8-25-23(17-19)24(18-32-25)26(28)29/h3-8,17-18,21,30,32H,9-16H2,1-2H3,(H3,28,29)(H,31,35). The number of amides is 1. The smallest absolute Gasteiger partial charge is 0.251 e. The van der Waals surface area contributed by atoms with Gasteiger partial charge in [-0.05, 0) is 75.3 Å². The van der Waals surface area contributed by atoms with Crippen LogP contribution < -0.4 is 21.3 Å². The number of piperidine rings is 1. The summed E-state index contributed by atoms with van der Waals surface area (Å²) in [5, 5.41) is 15.3. The third kappa shape index (κ3) is 6.41. The van der Waals surface area contributed by atoms with Crippen LogP contribution in [0, 0.1) is 5.41 Å². The summed E-state index contributed by atoms with van der Waals surface area (Å²) in [6.45, 7) is 4.69. The molecule has 186 valence electrons. The van der Waals surface area contributed by atoms with E-state index in [0.717, 1.165) is 55.5 Å². The minimum absolute atomic E-state index is 0.0474. The lowest BCUT2D eigenvalue weighted by molar-refractivity contribution is 0.0954. The molecule has 0 bridgehead atoms. The molecular weight excluding hydrogens is 438 g/mol. The van der Waals surface area contributed by atoms with Gasteiger partial charge < -0.3 is 31.2 Å². The quantitative estimate of drug-likeness (QED) is 0.228. The molecule has 0 spiro atoms. The molecule has 8 nitrogen and oxygen atoms in total. The Morgan fingerprint density at radius 3 is 2.57 bits per heavy atom. The van der Waals surface area contributed by atoms with Gasteiger partial charge in [-0.25, -0.2) is 0 Å². The van der Waals surface area contributed by atoms with Gasteiger partial charge >= 0.3 is 0 Å². The zero-order chi connectivity index (χ0) is 24.8. The number of hydrogen-bond acceptors (Lipinski definition) is 5. The van der Waals surface area contributed by atoms with E-state index in [1.807, 2.05) is 30.3 Å². The molecule has 0 atom stereocenters. The third-order valence-electron chi connectivity index (χ3n) is 6.72. The Morgan fingerprint density at radius 1 is 1.14 bits per heavy atom. The fraction of sp³-hybridized carbons (Fsp3) is 0.407. The summed E-state index contributed by atoms with van der Waals surface area (Å²) in [6, 6.07) is 14.6. The van der Waals surface area contributed by atoms with Gasteiger partial charge in [0, 0.05) is 72.7 Å². The molecule has 1 fully saturated rings. The van der Waals surface area contributed by atoms with Gasteiger partial charge in [0.2, 0.25) is 0 Å². The first kappa shape index (κ1) is 24.8.